The highest BCUT2D eigenvalue weighted by atomic mass is 32.2. The summed E-state index contributed by atoms with van der Waals surface area (Å²) in [7, 11) is -2.29. The van der Waals surface area contributed by atoms with E-state index in [2.05, 4.69) is 0 Å². The summed E-state index contributed by atoms with van der Waals surface area (Å²) in [6.45, 7) is 1.45. The van der Waals surface area contributed by atoms with E-state index in [4.69, 9.17) is 14.6 Å². The van der Waals surface area contributed by atoms with Gasteiger partial charge in [-0.2, -0.15) is 17.0 Å². The highest BCUT2D eigenvalue weighted by Crippen LogP contribution is 2.31. The van der Waals surface area contributed by atoms with E-state index in [0.29, 0.717) is 32.6 Å². The predicted octanol–water partition coefficient (Wildman–Crippen LogP) is -0.523. The largest absolute Gasteiger partial charge is 0.481 e. The molecule has 0 bridgehead atoms. The fraction of sp³-hybridized carbons (Fsp3) is 0.909. The monoisotopic (exact) mass is 308 g/mol. The van der Waals surface area contributed by atoms with E-state index in [0.717, 1.165) is 4.31 Å². The number of aliphatic carboxylic acids is 1. The summed E-state index contributed by atoms with van der Waals surface area (Å²) in [5.41, 5.74) is 0. The number of carboxylic acid groups (broad SMARTS) is 1. The zero-order chi connectivity index (χ0) is 14.8. The lowest BCUT2D eigenvalue weighted by molar-refractivity contribution is -0.179. The van der Waals surface area contributed by atoms with Crippen LogP contribution in [0, 0.1) is 0 Å². The van der Waals surface area contributed by atoms with Crippen molar-refractivity contribution in [3.8, 4) is 0 Å². The number of nitrogens with zero attached hydrogens (tertiary/aromatic N) is 2. The Balaban J connectivity index is 2.03. The molecule has 20 heavy (non-hydrogen) atoms. The summed E-state index contributed by atoms with van der Waals surface area (Å²) in [6.07, 6.45) is 1.12. The highest BCUT2D eigenvalue weighted by molar-refractivity contribution is 7.86. The molecular weight excluding hydrogens is 288 g/mol. The van der Waals surface area contributed by atoms with Crippen LogP contribution in [-0.4, -0.2) is 73.8 Å². The van der Waals surface area contributed by atoms with Gasteiger partial charge >= 0.3 is 5.97 Å². The van der Waals surface area contributed by atoms with Crippen LogP contribution in [0.1, 0.15) is 19.3 Å². The number of carboxylic acids is 1. The molecule has 0 radical (unpaired) electrons. The van der Waals surface area contributed by atoms with Crippen molar-refractivity contribution in [1.82, 2.24) is 8.61 Å². The van der Waals surface area contributed by atoms with Gasteiger partial charge in [0.05, 0.1) is 26.2 Å². The van der Waals surface area contributed by atoms with Gasteiger partial charge in [-0.3, -0.25) is 4.79 Å². The summed E-state index contributed by atoms with van der Waals surface area (Å²) in [6, 6.07) is 0. The van der Waals surface area contributed by atoms with Crippen molar-refractivity contribution in [2.75, 3.05) is 39.9 Å². The molecule has 2 rings (SSSR count). The molecule has 8 nitrogen and oxygen atoms in total. The minimum absolute atomic E-state index is 0.0527. The summed E-state index contributed by atoms with van der Waals surface area (Å²) >= 11 is 0. The summed E-state index contributed by atoms with van der Waals surface area (Å²) in [5.74, 6) is -1.84. The molecule has 0 aromatic heterocycles. The molecule has 2 aliphatic rings. The van der Waals surface area contributed by atoms with Gasteiger partial charge in [-0.1, -0.05) is 0 Å². The third-order valence-electron chi connectivity index (χ3n) is 3.56. The van der Waals surface area contributed by atoms with Crippen molar-refractivity contribution >= 4 is 16.2 Å². The molecule has 0 atom stereocenters. The van der Waals surface area contributed by atoms with Gasteiger partial charge in [-0.15, -0.1) is 0 Å². The summed E-state index contributed by atoms with van der Waals surface area (Å²) in [5, 5.41) is 8.63. The van der Waals surface area contributed by atoms with Gasteiger partial charge in [0.25, 0.3) is 10.2 Å². The van der Waals surface area contributed by atoms with Crippen LogP contribution in [0.5, 0.6) is 0 Å². The molecule has 1 N–H and O–H groups in total. The number of rotatable bonds is 5. The minimum Gasteiger partial charge on any atom is -0.481 e. The third kappa shape index (κ3) is 3.29. The SMILES string of the molecule is CN(CCC(=O)O)S(=O)(=O)N1CCCC2(C1)OCCO2. The van der Waals surface area contributed by atoms with Crippen LogP contribution in [0.15, 0.2) is 0 Å². The van der Waals surface area contributed by atoms with E-state index in [9.17, 15) is 13.2 Å². The van der Waals surface area contributed by atoms with Gasteiger partial charge in [0.1, 0.15) is 0 Å². The average molecular weight is 308 g/mol. The molecule has 116 valence electrons. The Morgan fingerprint density at radius 1 is 1.40 bits per heavy atom. The van der Waals surface area contributed by atoms with Crippen LogP contribution in [-0.2, 0) is 24.5 Å². The number of carbonyl (C=O) groups is 1. The van der Waals surface area contributed by atoms with Crippen LogP contribution < -0.4 is 0 Å². The van der Waals surface area contributed by atoms with Crippen molar-refractivity contribution in [2.45, 2.75) is 25.0 Å². The second-order valence-electron chi connectivity index (χ2n) is 5.02. The number of hydrogen-bond donors (Lipinski definition) is 1. The van der Waals surface area contributed by atoms with E-state index < -0.39 is 22.0 Å². The predicted molar refractivity (Wildman–Crippen MR) is 69.2 cm³/mol. The Bertz CT molecular complexity index is 460. The zero-order valence-corrected chi connectivity index (χ0v) is 12.3. The van der Waals surface area contributed by atoms with Gasteiger partial charge in [0.2, 0.25) is 0 Å². The molecule has 0 aliphatic carbocycles. The van der Waals surface area contributed by atoms with Crippen LogP contribution in [0.4, 0.5) is 0 Å². The first-order chi connectivity index (χ1) is 9.36. The van der Waals surface area contributed by atoms with Crippen molar-refractivity contribution < 1.29 is 27.8 Å². The van der Waals surface area contributed by atoms with Gasteiger partial charge in [-0.25, -0.2) is 0 Å². The molecule has 0 amide bonds. The average Bonchev–Trinajstić information content (AvgIpc) is 2.83. The van der Waals surface area contributed by atoms with Crippen molar-refractivity contribution in [2.24, 2.45) is 0 Å². The molecule has 0 unspecified atom stereocenters. The molecule has 0 saturated carbocycles. The van der Waals surface area contributed by atoms with Crippen LogP contribution >= 0.6 is 0 Å². The van der Waals surface area contributed by atoms with Crippen molar-refractivity contribution in [1.29, 1.82) is 0 Å². The zero-order valence-electron chi connectivity index (χ0n) is 11.4. The van der Waals surface area contributed by atoms with Gasteiger partial charge in [0.15, 0.2) is 5.79 Å². The summed E-state index contributed by atoms with van der Waals surface area (Å²) < 4.78 is 38.2. The van der Waals surface area contributed by atoms with Crippen LogP contribution in [0.25, 0.3) is 0 Å². The molecular formula is C11H20N2O6S. The van der Waals surface area contributed by atoms with E-state index >= 15 is 0 Å². The molecule has 2 saturated heterocycles. The Morgan fingerprint density at radius 3 is 2.65 bits per heavy atom. The van der Waals surface area contributed by atoms with Gasteiger partial charge < -0.3 is 14.6 Å². The van der Waals surface area contributed by atoms with Crippen LogP contribution in [0.2, 0.25) is 0 Å². The standard InChI is InChI=1S/C11H20N2O6S/c1-12(6-3-10(14)15)20(16,17)13-5-2-4-11(9-13)18-7-8-19-11/h2-9H2,1H3,(H,14,15). The maximum atomic E-state index is 12.4. The van der Waals surface area contributed by atoms with Crippen molar-refractivity contribution in [3.05, 3.63) is 0 Å². The van der Waals surface area contributed by atoms with Crippen LogP contribution in [0.3, 0.4) is 0 Å². The molecule has 2 heterocycles. The molecule has 1 spiro atoms. The Morgan fingerprint density at radius 2 is 2.05 bits per heavy atom. The first-order valence-electron chi connectivity index (χ1n) is 6.57. The second kappa shape index (κ2) is 5.94. The highest BCUT2D eigenvalue weighted by Gasteiger charge is 2.44. The minimum atomic E-state index is -3.68. The van der Waals surface area contributed by atoms with E-state index in [1.54, 1.807) is 0 Å². The topological polar surface area (TPSA) is 96.4 Å². The van der Waals surface area contributed by atoms with Crippen molar-refractivity contribution in [3.63, 3.8) is 0 Å². The maximum absolute atomic E-state index is 12.4. The van der Waals surface area contributed by atoms with E-state index in [1.165, 1.54) is 11.4 Å². The fourth-order valence-corrected chi connectivity index (χ4v) is 3.88. The quantitative estimate of drug-likeness (QED) is 0.734. The Hall–Kier alpha value is -0.740. The first kappa shape index (κ1) is 15.6. The smallest absolute Gasteiger partial charge is 0.304 e. The number of piperidine rings is 1. The Kier molecular flexibility index (Phi) is 4.65. The fourth-order valence-electron chi connectivity index (χ4n) is 2.45. The molecule has 2 fully saturated rings. The normalized spacial score (nSPS) is 23.5. The van der Waals surface area contributed by atoms with Gasteiger partial charge in [0, 0.05) is 26.6 Å². The maximum Gasteiger partial charge on any atom is 0.304 e. The molecule has 0 aromatic carbocycles. The molecule has 9 heteroatoms. The lowest BCUT2D eigenvalue weighted by atomic mass is 10.1. The van der Waals surface area contributed by atoms with E-state index in [-0.39, 0.29) is 19.5 Å². The Labute approximate surface area is 118 Å². The second-order valence-corrected chi connectivity index (χ2v) is 7.05. The number of hydrogen-bond acceptors (Lipinski definition) is 5. The number of ether oxygens (including phenoxy) is 2. The molecule has 0 aromatic rings. The lowest BCUT2D eigenvalue weighted by Gasteiger charge is -2.39. The lowest BCUT2D eigenvalue weighted by Crippen LogP contribution is -2.54. The van der Waals surface area contributed by atoms with E-state index in [1.807, 2.05) is 0 Å². The summed E-state index contributed by atoms with van der Waals surface area (Å²) in [4.78, 5) is 10.5. The first-order valence-corrected chi connectivity index (χ1v) is 7.97. The van der Waals surface area contributed by atoms with Gasteiger partial charge in [-0.05, 0) is 6.42 Å². The third-order valence-corrected chi connectivity index (χ3v) is 5.49. The molecule has 2 aliphatic heterocycles.